The van der Waals surface area contributed by atoms with Crippen molar-refractivity contribution in [2.24, 2.45) is 0 Å². The minimum absolute atomic E-state index is 0.162. The summed E-state index contributed by atoms with van der Waals surface area (Å²) in [4.78, 5) is 12.6. The normalized spacial score (nSPS) is 11.9. The van der Waals surface area contributed by atoms with E-state index in [4.69, 9.17) is 20.8 Å². The van der Waals surface area contributed by atoms with Crippen molar-refractivity contribution in [3.8, 4) is 5.75 Å². The molecule has 0 saturated carbocycles. The van der Waals surface area contributed by atoms with Gasteiger partial charge in [-0.25, -0.2) is 0 Å². The maximum Gasteiger partial charge on any atom is 0.237 e. The summed E-state index contributed by atoms with van der Waals surface area (Å²) in [5.74, 6) is 1.16. The summed E-state index contributed by atoms with van der Waals surface area (Å²) < 4.78 is 11.3. The molecule has 2 aromatic heterocycles. The van der Waals surface area contributed by atoms with E-state index in [9.17, 15) is 4.79 Å². The van der Waals surface area contributed by atoms with E-state index in [0.29, 0.717) is 32.5 Å². The van der Waals surface area contributed by atoms with Crippen molar-refractivity contribution in [3.05, 3.63) is 46.9 Å². The molecule has 0 fully saturated rings. The molecule has 10 heteroatoms. The van der Waals surface area contributed by atoms with Crippen molar-refractivity contribution in [1.29, 1.82) is 0 Å². The molecule has 0 saturated heterocycles. The second kappa shape index (κ2) is 9.31. The highest BCUT2D eigenvalue weighted by molar-refractivity contribution is 8.02. The summed E-state index contributed by atoms with van der Waals surface area (Å²) in [7, 11) is 1.54. The highest BCUT2D eigenvalue weighted by atomic mass is 35.5. The maximum absolute atomic E-state index is 12.6. The van der Waals surface area contributed by atoms with Crippen LogP contribution in [0.25, 0.3) is 0 Å². The molecule has 0 aliphatic carbocycles. The lowest BCUT2D eigenvalue weighted by Crippen LogP contribution is -2.22. The average molecular weight is 439 g/mol. The number of halogens is 1. The number of hydrogen-bond donors (Lipinski definition) is 2. The van der Waals surface area contributed by atoms with Crippen LogP contribution in [0.3, 0.4) is 0 Å². The van der Waals surface area contributed by atoms with Crippen LogP contribution in [0.2, 0.25) is 5.02 Å². The summed E-state index contributed by atoms with van der Waals surface area (Å²) in [6, 6.07) is 7.18. The lowest BCUT2D eigenvalue weighted by atomic mass is 10.2. The van der Waals surface area contributed by atoms with Gasteiger partial charge in [-0.3, -0.25) is 4.79 Å². The first-order chi connectivity index (χ1) is 13.5. The molecule has 1 amide bonds. The molecular formula is C18H19ClN4O3S2. The lowest BCUT2D eigenvalue weighted by molar-refractivity contribution is -0.115. The number of amides is 1. The number of carbonyl (C=O) groups is 1. The van der Waals surface area contributed by atoms with Crippen molar-refractivity contribution in [3.63, 3.8) is 0 Å². The number of rotatable bonds is 8. The fourth-order valence-corrected chi connectivity index (χ4v) is 4.32. The largest absolute Gasteiger partial charge is 0.495 e. The van der Waals surface area contributed by atoms with Crippen LogP contribution in [0.5, 0.6) is 5.75 Å². The number of furan rings is 1. The minimum atomic E-state index is -0.369. The van der Waals surface area contributed by atoms with Gasteiger partial charge in [-0.05, 0) is 37.6 Å². The molecule has 0 aliphatic heterocycles. The molecule has 28 heavy (non-hydrogen) atoms. The number of carbonyl (C=O) groups excluding carboxylic acids is 1. The molecule has 3 rings (SSSR count). The quantitative estimate of drug-likeness (QED) is 0.486. The van der Waals surface area contributed by atoms with Gasteiger partial charge in [0.1, 0.15) is 11.5 Å². The summed E-state index contributed by atoms with van der Waals surface area (Å²) >= 11 is 8.83. The summed E-state index contributed by atoms with van der Waals surface area (Å²) in [6.45, 7) is 4.21. The monoisotopic (exact) mass is 438 g/mol. The predicted molar refractivity (Wildman–Crippen MR) is 113 cm³/mol. The van der Waals surface area contributed by atoms with Crippen molar-refractivity contribution < 1.29 is 13.9 Å². The van der Waals surface area contributed by atoms with Crippen molar-refractivity contribution in [1.82, 2.24) is 10.2 Å². The predicted octanol–water partition coefficient (Wildman–Crippen LogP) is 4.83. The van der Waals surface area contributed by atoms with Gasteiger partial charge in [0.05, 0.1) is 30.9 Å². The first kappa shape index (κ1) is 20.5. The molecule has 3 aromatic rings. The van der Waals surface area contributed by atoms with Gasteiger partial charge in [-0.15, -0.1) is 10.2 Å². The number of anilines is 2. The number of benzene rings is 1. The first-order valence-corrected chi connectivity index (χ1v) is 10.4. The van der Waals surface area contributed by atoms with E-state index in [1.165, 1.54) is 30.2 Å². The van der Waals surface area contributed by atoms with E-state index < -0.39 is 0 Å². The van der Waals surface area contributed by atoms with Crippen LogP contribution < -0.4 is 15.4 Å². The molecule has 0 bridgehead atoms. The third-order valence-corrected chi connectivity index (χ3v) is 6.26. The molecule has 0 spiro atoms. The zero-order valence-corrected chi connectivity index (χ0v) is 17.9. The SMILES string of the molecule is COc1cc(Cl)c(C)cc1NC(=O)C(C)Sc1nnc(NCc2ccco2)s1. The van der Waals surface area contributed by atoms with Gasteiger partial charge in [0.2, 0.25) is 11.0 Å². The van der Waals surface area contributed by atoms with Crippen LogP contribution in [0, 0.1) is 6.92 Å². The Morgan fingerprint density at radius 1 is 1.43 bits per heavy atom. The molecule has 2 heterocycles. The van der Waals surface area contributed by atoms with Crippen LogP contribution in [0.1, 0.15) is 18.2 Å². The van der Waals surface area contributed by atoms with Crippen LogP contribution in [-0.4, -0.2) is 28.5 Å². The van der Waals surface area contributed by atoms with Crippen molar-refractivity contribution in [2.75, 3.05) is 17.7 Å². The minimum Gasteiger partial charge on any atom is -0.495 e. The second-order valence-electron chi connectivity index (χ2n) is 5.86. The van der Waals surface area contributed by atoms with E-state index in [0.717, 1.165) is 11.3 Å². The maximum atomic E-state index is 12.6. The Morgan fingerprint density at radius 3 is 2.96 bits per heavy atom. The lowest BCUT2D eigenvalue weighted by Gasteiger charge is -2.14. The molecule has 148 valence electrons. The number of thioether (sulfide) groups is 1. The number of nitrogens with zero attached hydrogens (tertiary/aromatic N) is 2. The molecule has 1 aromatic carbocycles. The Balaban J connectivity index is 1.58. The number of methoxy groups -OCH3 is 1. The third-order valence-electron chi connectivity index (χ3n) is 3.79. The van der Waals surface area contributed by atoms with E-state index in [1.807, 2.05) is 26.0 Å². The molecule has 0 aliphatic rings. The Hall–Kier alpha value is -2.23. The van der Waals surface area contributed by atoms with E-state index >= 15 is 0 Å². The van der Waals surface area contributed by atoms with Gasteiger partial charge < -0.3 is 19.8 Å². The van der Waals surface area contributed by atoms with Crippen LogP contribution >= 0.6 is 34.7 Å². The van der Waals surface area contributed by atoms with Gasteiger partial charge in [-0.1, -0.05) is 34.7 Å². The van der Waals surface area contributed by atoms with Gasteiger partial charge >= 0.3 is 0 Å². The zero-order chi connectivity index (χ0) is 20.1. The molecule has 1 unspecified atom stereocenters. The number of ether oxygens (including phenoxy) is 1. The fourth-order valence-electron chi connectivity index (χ4n) is 2.27. The number of aryl methyl sites for hydroxylation is 1. The van der Waals surface area contributed by atoms with Gasteiger partial charge in [0.15, 0.2) is 4.34 Å². The Bertz CT molecular complexity index is 946. The van der Waals surface area contributed by atoms with Crippen LogP contribution in [-0.2, 0) is 11.3 Å². The van der Waals surface area contributed by atoms with Gasteiger partial charge in [-0.2, -0.15) is 0 Å². The third kappa shape index (κ3) is 5.18. The van der Waals surface area contributed by atoms with E-state index in [-0.39, 0.29) is 11.2 Å². The number of aromatic nitrogens is 2. The van der Waals surface area contributed by atoms with Crippen molar-refractivity contribution >= 4 is 51.4 Å². The molecule has 2 N–H and O–H groups in total. The standard InChI is InChI=1S/C18H19ClN4O3S2/c1-10-7-14(15(25-3)8-13(10)19)21-16(24)11(2)27-18-23-22-17(28-18)20-9-12-5-4-6-26-12/h4-8,11H,9H2,1-3H3,(H,20,22)(H,21,24). The average Bonchev–Trinajstić information content (AvgIpc) is 3.34. The fraction of sp³-hybridized carbons (Fsp3) is 0.278. The van der Waals surface area contributed by atoms with E-state index in [1.54, 1.807) is 18.4 Å². The summed E-state index contributed by atoms with van der Waals surface area (Å²) in [5.41, 5.74) is 1.44. The smallest absolute Gasteiger partial charge is 0.237 e. The van der Waals surface area contributed by atoms with Crippen molar-refractivity contribution in [2.45, 2.75) is 30.0 Å². The zero-order valence-electron chi connectivity index (χ0n) is 15.5. The Kier molecular flexibility index (Phi) is 6.82. The summed E-state index contributed by atoms with van der Waals surface area (Å²) in [6.07, 6.45) is 1.62. The second-order valence-corrected chi connectivity index (χ2v) is 8.83. The molecule has 7 nitrogen and oxygen atoms in total. The highest BCUT2D eigenvalue weighted by Gasteiger charge is 2.19. The highest BCUT2D eigenvalue weighted by Crippen LogP contribution is 2.33. The molecule has 1 atom stereocenters. The molecule has 0 radical (unpaired) electrons. The topological polar surface area (TPSA) is 89.3 Å². The summed E-state index contributed by atoms with van der Waals surface area (Å²) in [5, 5.41) is 15.1. The first-order valence-electron chi connectivity index (χ1n) is 8.37. The van der Waals surface area contributed by atoms with E-state index in [2.05, 4.69) is 20.8 Å². The number of nitrogens with one attached hydrogen (secondary N) is 2. The Labute approximate surface area is 175 Å². The van der Waals surface area contributed by atoms with Gasteiger partial charge in [0.25, 0.3) is 0 Å². The molecular weight excluding hydrogens is 420 g/mol. The van der Waals surface area contributed by atoms with Crippen LogP contribution in [0.15, 0.2) is 39.3 Å². The Morgan fingerprint density at radius 2 is 2.25 bits per heavy atom. The van der Waals surface area contributed by atoms with Crippen LogP contribution in [0.4, 0.5) is 10.8 Å². The number of hydrogen-bond acceptors (Lipinski definition) is 8. The van der Waals surface area contributed by atoms with Gasteiger partial charge in [0, 0.05) is 11.1 Å².